The third-order valence-electron chi connectivity index (χ3n) is 3.76. The molecule has 0 unspecified atom stereocenters. The van der Waals surface area contributed by atoms with Crippen molar-refractivity contribution in [3.63, 3.8) is 0 Å². The molecule has 1 fully saturated rings. The highest BCUT2D eigenvalue weighted by molar-refractivity contribution is 5.92. The van der Waals surface area contributed by atoms with Crippen LogP contribution in [0.4, 0.5) is 0 Å². The molecule has 1 saturated carbocycles. The Kier molecular flexibility index (Phi) is 4.58. The molecule has 1 aliphatic carbocycles. The molecule has 106 valence electrons. The highest BCUT2D eigenvalue weighted by atomic mass is 16.3. The zero-order chi connectivity index (χ0) is 13.8. The summed E-state index contributed by atoms with van der Waals surface area (Å²) in [5, 5.41) is 17.0. The molecule has 2 N–H and O–H groups in total. The minimum Gasteiger partial charge on any atom is -0.393 e. The van der Waals surface area contributed by atoms with Gasteiger partial charge in [-0.05, 0) is 32.8 Å². The predicted molar refractivity (Wildman–Crippen MR) is 72.9 cm³/mol. The Morgan fingerprint density at radius 2 is 2.26 bits per heavy atom. The molecule has 0 spiro atoms. The molecule has 19 heavy (non-hydrogen) atoms. The maximum atomic E-state index is 12.0. The highest BCUT2D eigenvalue weighted by Gasteiger charge is 2.23. The molecule has 0 aromatic carbocycles. The van der Waals surface area contributed by atoms with Gasteiger partial charge >= 0.3 is 0 Å². The number of nitrogens with zero attached hydrogens (tertiary/aromatic N) is 2. The Morgan fingerprint density at radius 3 is 2.89 bits per heavy atom. The average molecular weight is 265 g/mol. The predicted octanol–water partition coefficient (Wildman–Crippen LogP) is 1.74. The molecule has 2 atom stereocenters. The second kappa shape index (κ2) is 6.19. The van der Waals surface area contributed by atoms with E-state index in [1.165, 1.54) is 0 Å². The lowest BCUT2D eigenvalue weighted by Gasteiger charge is -2.27. The summed E-state index contributed by atoms with van der Waals surface area (Å²) in [5.41, 5.74) is 0.444. The number of hydrogen-bond donors (Lipinski definition) is 2. The van der Waals surface area contributed by atoms with Gasteiger partial charge in [0.2, 0.25) is 0 Å². The Hall–Kier alpha value is -1.36. The van der Waals surface area contributed by atoms with Crippen molar-refractivity contribution >= 4 is 5.91 Å². The molecule has 5 nitrogen and oxygen atoms in total. The monoisotopic (exact) mass is 265 g/mol. The molecule has 1 heterocycles. The molecule has 1 aromatic heterocycles. The van der Waals surface area contributed by atoms with E-state index >= 15 is 0 Å². The number of aliphatic hydroxyl groups excluding tert-OH is 1. The smallest absolute Gasteiger partial charge is 0.271 e. The van der Waals surface area contributed by atoms with E-state index in [1.54, 1.807) is 10.7 Å². The summed E-state index contributed by atoms with van der Waals surface area (Å²) in [7, 11) is 0. The standard InChI is InChI=1S/C14H23N3O2/c1-10(2)17-8-7-12(16-17)14(19)15-9-11-5-3-4-6-13(11)18/h7-8,10-11,13,18H,3-6,9H2,1-2H3,(H,15,19)/t11-,13+/m1/s1. The third kappa shape index (κ3) is 3.56. The molecule has 5 heteroatoms. The van der Waals surface area contributed by atoms with Crippen LogP contribution >= 0.6 is 0 Å². The first-order chi connectivity index (χ1) is 9.08. The van der Waals surface area contributed by atoms with Crippen LogP contribution in [0.5, 0.6) is 0 Å². The lowest BCUT2D eigenvalue weighted by atomic mass is 9.86. The molecule has 0 aliphatic heterocycles. The Morgan fingerprint density at radius 1 is 1.53 bits per heavy atom. The van der Waals surface area contributed by atoms with Gasteiger partial charge in [-0.2, -0.15) is 5.10 Å². The normalized spacial score (nSPS) is 23.6. The number of amides is 1. The SMILES string of the molecule is CC(C)n1ccc(C(=O)NC[C@H]2CCCC[C@@H]2O)n1. The summed E-state index contributed by atoms with van der Waals surface area (Å²) < 4.78 is 1.77. The lowest BCUT2D eigenvalue weighted by molar-refractivity contribution is 0.0661. The molecule has 0 radical (unpaired) electrons. The van der Waals surface area contributed by atoms with Gasteiger partial charge < -0.3 is 10.4 Å². The van der Waals surface area contributed by atoms with Crippen LogP contribution in [0.1, 0.15) is 56.1 Å². The zero-order valence-electron chi connectivity index (χ0n) is 11.7. The topological polar surface area (TPSA) is 67.2 Å². The van der Waals surface area contributed by atoms with E-state index in [1.807, 2.05) is 20.0 Å². The van der Waals surface area contributed by atoms with Gasteiger partial charge in [0.15, 0.2) is 0 Å². The van der Waals surface area contributed by atoms with Crippen LogP contribution in [0, 0.1) is 5.92 Å². The van der Waals surface area contributed by atoms with Crippen LogP contribution in [0.3, 0.4) is 0 Å². The van der Waals surface area contributed by atoms with Crippen LogP contribution in [0.2, 0.25) is 0 Å². The van der Waals surface area contributed by atoms with Crippen molar-refractivity contribution in [1.82, 2.24) is 15.1 Å². The summed E-state index contributed by atoms with van der Waals surface area (Å²) in [6, 6.07) is 1.98. The van der Waals surface area contributed by atoms with Crippen molar-refractivity contribution in [3.05, 3.63) is 18.0 Å². The summed E-state index contributed by atoms with van der Waals surface area (Å²) in [5.74, 6) is 0.0297. The van der Waals surface area contributed by atoms with Crippen molar-refractivity contribution < 1.29 is 9.90 Å². The van der Waals surface area contributed by atoms with Gasteiger partial charge in [0.1, 0.15) is 5.69 Å². The fourth-order valence-electron chi connectivity index (χ4n) is 2.49. The molecule has 2 rings (SSSR count). The van der Waals surface area contributed by atoms with Crippen molar-refractivity contribution in [2.45, 2.75) is 51.7 Å². The fourth-order valence-corrected chi connectivity index (χ4v) is 2.49. The molecule has 1 aliphatic rings. The number of hydrogen-bond acceptors (Lipinski definition) is 3. The van der Waals surface area contributed by atoms with E-state index in [9.17, 15) is 9.90 Å². The fraction of sp³-hybridized carbons (Fsp3) is 0.714. The zero-order valence-corrected chi connectivity index (χ0v) is 11.7. The van der Waals surface area contributed by atoms with Gasteiger partial charge in [-0.15, -0.1) is 0 Å². The van der Waals surface area contributed by atoms with E-state index in [4.69, 9.17) is 0 Å². The molecule has 1 aromatic rings. The van der Waals surface area contributed by atoms with Gasteiger partial charge in [-0.3, -0.25) is 9.48 Å². The van der Waals surface area contributed by atoms with Gasteiger partial charge in [0, 0.05) is 24.7 Å². The van der Waals surface area contributed by atoms with Crippen LogP contribution in [0.15, 0.2) is 12.3 Å². The van der Waals surface area contributed by atoms with E-state index in [-0.39, 0.29) is 24.0 Å². The number of aromatic nitrogens is 2. The van der Waals surface area contributed by atoms with Crippen molar-refractivity contribution in [1.29, 1.82) is 0 Å². The van der Waals surface area contributed by atoms with E-state index in [0.717, 1.165) is 25.7 Å². The Labute approximate surface area is 114 Å². The van der Waals surface area contributed by atoms with Gasteiger partial charge in [0.25, 0.3) is 5.91 Å². The third-order valence-corrected chi connectivity index (χ3v) is 3.76. The number of rotatable bonds is 4. The van der Waals surface area contributed by atoms with Crippen LogP contribution in [-0.4, -0.2) is 33.4 Å². The quantitative estimate of drug-likeness (QED) is 0.871. The second-order valence-electron chi connectivity index (χ2n) is 5.60. The lowest BCUT2D eigenvalue weighted by Crippen LogP contribution is -2.36. The first-order valence-corrected chi connectivity index (χ1v) is 7.09. The number of carbonyl (C=O) groups is 1. The first kappa shape index (κ1) is 14.1. The largest absolute Gasteiger partial charge is 0.393 e. The molecule has 0 saturated heterocycles. The minimum absolute atomic E-state index is 0.155. The maximum Gasteiger partial charge on any atom is 0.271 e. The van der Waals surface area contributed by atoms with Crippen molar-refractivity contribution in [2.24, 2.45) is 5.92 Å². The van der Waals surface area contributed by atoms with Gasteiger partial charge in [-0.1, -0.05) is 12.8 Å². The molecular weight excluding hydrogens is 242 g/mol. The summed E-state index contributed by atoms with van der Waals surface area (Å²) in [6.45, 7) is 4.58. The number of aliphatic hydroxyl groups is 1. The van der Waals surface area contributed by atoms with E-state index < -0.39 is 0 Å². The molecule has 0 bridgehead atoms. The van der Waals surface area contributed by atoms with E-state index in [0.29, 0.717) is 12.2 Å². The van der Waals surface area contributed by atoms with Gasteiger partial charge in [-0.25, -0.2) is 0 Å². The molecule has 1 amide bonds. The minimum atomic E-state index is -0.276. The second-order valence-corrected chi connectivity index (χ2v) is 5.60. The van der Waals surface area contributed by atoms with Gasteiger partial charge in [0.05, 0.1) is 6.10 Å². The molecular formula is C14H23N3O2. The van der Waals surface area contributed by atoms with E-state index in [2.05, 4.69) is 10.4 Å². The van der Waals surface area contributed by atoms with Crippen LogP contribution < -0.4 is 5.32 Å². The summed E-state index contributed by atoms with van der Waals surface area (Å²) >= 11 is 0. The average Bonchev–Trinajstić information content (AvgIpc) is 2.87. The Bertz CT molecular complexity index is 428. The van der Waals surface area contributed by atoms with Crippen LogP contribution in [-0.2, 0) is 0 Å². The maximum absolute atomic E-state index is 12.0. The number of nitrogens with one attached hydrogen (secondary N) is 1. The van der Waals surface area contributed by atoms with Crippen molar-refractivity contribution in [3.8, 4) is 0 Å². The number of carbonyl (C=O) groups excluding carboxylic acids is 1. The Balaban J connectivity index is 1.86. The summed E-state index contributed by atoms with van der Waals surface area (Å²) in [6.07, 6.45) is 5.60. The summed E-state index contributed by atoms with van der Waals surface area (Å²) in [4.78, 5) is 12.0. The van der Waals surface area contributed by atoms with Crippen molar-refractivity contribution in [2.75, 3.05) is 6.54 Å². The van der Waals surface area contributed by atoms with Crippen LogP contribution in [0.25, 0.3) is 0 Å². The highest BCUT2D eigenvalue weighted by Crippen LogP contribution is 2.23. The first-order valence-electron chi connectivity index (χ1n) is 7.09.